The Labute approximate surface area is 140 Å². The van der Waals surface area contributed by atoms with Crippen LogP contribution in [0, 0.1) is 0 Å². The zero-order valence-electron chi connectivity index (χ0n) is 11.1. The van der Waals surface area contributed by atoms with Gasteiger partial charge in [0.25, 0.3) is 0 Å². The first-order chi connectivity index (χ1) is 10.2. The molecule has 1 aromatic heterocycles. The molecule has 108 valence electrons. The molecule has 3 aromatic rings. The highest BCUT2D eigenvalue weighted by Crippen LogP contribution is 2.34. The molecule has 0 amide bonds. The molecular formula is C15H11BrCl2N2O. The molecule has 0 aliphatic rings. The van der Waals surface area contributed by atoms with E-state index in [1.54, 1.807) is 7.11 Å². The number of hydrogen-bond donors (Lipinski definition) is 0. The number of hydrogen-bond acceptors (Lipinski definition) is 2. The Balaban J connectivity index is 2.41. The summed E-state index contributed by atoms with van der Waals surface area (Å²) in [5, 5.41) is 0.624. The van der Waals surface area contributed by atoms with Crippen LogP contribution in [-0.4, -0.2) is 16.7 Å². The Morgan fingerprint density at radius 2 is 2.10 bits per heavy atom. The van der Waals surface area contributed by atoms with E-state index in [1.807, 2.05) is 41.0 Å². The van der Waals surface area contributed by atoms with E-state index in [0.717, 1.165) is 32.8 Å². The Morgan fingerprint density at radius 3 is 2.81 bits per heavy atom. The van der Waals surface area contributed by atoms with E-state index in [9.17, 15) is 0 Å². The van der Waals surface area contributed by atoms with Crippen molar-refractivity contribution in [3.8, 4) is 11.4 Å². The summed E-state index contributed by atoms with van der Waals surface area (Å²) in [6, 6.07) is 11.4. The van der Waals surface area contributed by atoms with Crippen molar-refractivity contribution in [2.45, 2.75) is 5.88 Å². The maximum atomic E-state index is 6.36. The lowest BCUT2D eigenvalue weighted by Crippen LogP contribution is -2.02. The van der Waals surface area contributed by atoms with Crippen LogP contribution in [0.3, 0.4) is 0 Å². The van der Waals surface area contributed by atoms with E-state index in [1.165, 1.54) is 0 Å². The molecule has 0 atom stereocenters. The van der Waals surface area contributed by atoms with Gasteiger partial charge in [0.1, 0.15) is 11.6 Å². The highest BCUT2D eigenvalue weighted by Gasteiger charge is 2.17. The predicted octanol–water partition coefficient (Wildman–Crippen LogP) is 5.19. The molecule has 0 saturated carbocycles. The van der Waals surface area contributed by atoms with E-state index in [4.69, 9.17) is 27.9 Å². The Bertz CT molecular complexity index is 817. The molecule has 0 spiro atoms. The lowest BCUT2D eigenvalue weighted by atomic mass is 10.2. The van der Waals surface area contributed by atoms with Gasteiger partial charge < -0.3 is 4.74 Å². The third kappa shape index (κ3) is 2.52. The van der Waals surface area contributed by atoms with Gasteiger partial charge in [-0.25, -0.2) is 4.98 Å². The Morgan fingerprint density at radius 1 is 1.29 bits per heavy atom. The number of ether oxygens (including phenoxy) is 1. The second kappa shape index (κ2) is 5.87. The van der Waals surface area contributed by atoms with Crippen molar-refractivity contribution in [2.75, 3.05) is 7.11 Å². The van der Waals surface area contributed by atoms with Gasteiger partial charge in [0, 0.05) is 4.47 Å². The molecule has 2 aromatic carbocycles. The molecule has 1 heterocycles. The summed E-state index contributed by atoms with van der Waals surface area (Å²) in [5.41, 5.74) is 2.48. The first-order valence-electron chi connectivity index (χ1n) is 6.21. The van der Waals surface area contributed by atoms with Crippen LogP contribution in [0.25, 0.3) is 16.7 Å². The smallest absolute Gasteiger partial charge is 0.142 e. The number of alkyl halides is 1. The Kier molecular flexibility index (Phi) is 4.11. The van der Waals surface area contributed by atoms with Crippen LogP contribution in [0.15, 0.2) is 40.9 Å². The van der Waals surface area contributed by atoms with E-state index < -0.39 is 0 Å². The number of aromatic nitrogens is 2. The topological polar surface area (TPSA) is 27.1 Å². The summed E-state index contributed by atoms with van der Waals surface area (Å²) in [4.78, 5) is 4.55. The minimum absolute atomic E-state index is 0.278. The summed E-state index contributed by atoms with van der Waals surface area (Å²) in [6.07, 6.45) is 0. The van der Waals surface area contributed by atoms with Crippen molar-refractivity contribution >= 4 is 50.2 Å². The number of rotatable bonds is 3. The number of methoxy groups -OCH3 is 1. The van der Waals surface area contributed by atoms with Crippen molar-refractivity contribution in [3.05, 3.63) is 51.7 Å². The summed E-state index contributed by atoms with van der Waals surface area (Å²) >= 11 is 15.9. The molecule has 0 aliphatic heterocycles. The second-order valence-electron chi connectivity index (χ2n) is 4.42. The molecule has 0 unspecified atom stereocenters. The normalized spacial score (nSPS) is 11.0. The quantitative estimate of drug-likeness (QED) is 0.580. The maximum absolute atomic E-state index is 6.36. The number of imidazole rings is 1. The predicted molar refractivity (Wildman–Crippen MR) is 89.9 cm³/mol. The van der Waals surface area contributed by atoms with Crippen LogP contribution < -0.4 is 4.74 Å². The average Bonchev–Trinajstić information content (AvgIpc) is 2.87. The second-order valence-corrected chi connectivity index (χ2v) is 6.01. The molecule has 3 rings (SSSR count). The van der Waals surface area contributed by atoms with Crippen LogP contribution in [0.5, 0.6) is 5.75 Å². The standard InChI is InChI=1S/C15H11BrCl2N2O/c1-21-13-6-5-9(16)7-12(13)20-14(8-17)19-11-4-2-3-10(18)15(11)20/h2-7H,8H2,1H3. The molecule has 0 radical (unpaired) electrons. The van der Waals surface area contributed by atoms with E-state index in [2.05, 4.69) is 20.9 Å². The first-order valence-corrected chi connectivity index (χ1v) is 7.92. The van der Waals surface area contributed by atoms with Gasteiger partial charge in [-0.1, -0.05) is 33.6 Å². The number of fused-ring (bicyclic) bond motifs is 1. The van der Waals surface area contributed by atoms with Crippen LogP contribution in [0.4, 0.5) is 0 Å². The fourth-order valence-electron chi connectivity index (χ4n) is 2.32. The minimum atomic E-state index is 0.278. The zero-order valence-corrected chi connectivity index (χ0v) is 14.2. The lowest BCUT2D eigenvalue weighted by molar-refractivity contribution is 0.413. The number of halogens is 3. The number of nitrogens with zero attached hydrogens (tertiary/aromatic N) is 2. The van der Waals surface area contributed by atoms with Gasteiger partial charge >= 0.3 is 0 Å². The van der Waals surface area contributed by atoms with Gasteiger partial charge in [0.05, 0.1) is 34.7 Å². The van der Waals surface area contributed by atoms with Crippen LogP contribution in [0.2, 0.25) is 5.02 Å². The van der Waals surface area contributed by atoms with E-state index in [0.29, 0.717) is 5.02 Å². The average molecular weight is 386 g/mol. The molecule has 0 fully saturated rings. The van der Waals surface area contributed by atoms with Crippen molar-refractivity contribution in [1.29, 1.82) is 0 Å². The monoisotopic (exact) mass is 384 g/mol. The molecule has 0 N–H and O–H groups in total. The molecule has 0 saturated heterocycles. The highest BCUT2D eigenvalue weighted by atomic mass is 79.9. The van der Waals surface area contributed by atoms with Crippen molar-refractivity contribution in [2.24, 2.45) is 0 Å². The summed E-state index contributed by atoms with van der Waals surface area (Å²) < 4.78 is 8.33. The Hall–Kier alpha value is -1.23. The van der Waals surface area contributed by atoms with Gasteiger partial charge in [-0.2, -0.15) is 0 Å². The molecule has 0 bridgehead atoms. The van der Waals surface area contributed by atoms with Crippen molar-refractivity contribution < 1.29 is 4.74 Å². The SMILES string of the molecule is COc1ccc(Br)cc1-n1c(CCl)nc2cccc(Cl)c21. The summed E-state index contributed by atoms with van der Waals surface area (Å²) in [5.74, 6) is 1.72. The van der Waals surface area contributed by atoms with Gasteiger partial charge in [0.15, 0.2) is 0 Å². The number of benzene rings is 2. The molecule has 3 nitrogen and oxygen atoms in total. The molecule has 0 aliphatic carbocycles. The van der Waals surface area contributed by atoms with Crippen LogP contribution in [-0.2, 0) is 5.88 Å². The minimum Gasteiger partial charge on any atom is -0.495 e. The third-order valence-corrected chi connectivity index (χ3v) is 4.24. The highest BCUT2D eigenvalue weighted by molar-refractivity contribution is 9.10. The maximum Gasteiger partial charge on any atom is 0.142 e. The van der Waals surface area contributed by atoms with Crippen LogP contribution in [0.1, 0.15) is 5.82 Å². The summed E-state index contributed by atoms with van der Waals surface area (Å²) in [7, 11) is 1.63. The third-order valence-electron chi connectivity index (χ3n) is 3.20. The first kappa shape index (κ1) is 14.7. The molecule has 21 heavy (non-hydrogen) atoms. The van der Waals surface area contributed by atoms with Gasteiger partial charge in [0.2, 0.25) is 0 Å². The fraction of sp³-hybridized carbons (Fsp3) is 0.133. The largest absolute Gasteiger partial charge is 0.495 e. The van der Waals surface area contributed by atoms with Gasteiger partial charge in [-0.15, -0.1) is 11.6 Å². The fourth-order valence-corrected chi connectivity index (χ4v) is 3.10. The van der Waals surface area contributed by atoms with Gasteiger partial charge in [-0.3, -0.25) is 4.57 Å². The van der Waals surface area contributed by atoms with E-state index >= 15 is 0 Å². The van der Waals surface area contributed by atoms with Gasteiger partial charge in [-0.05, 0) is 30.3 Å². The van der Waals surface area contributed by atoms with E-state index in [-0.39, 0.29) is 5.88 Å². The zero-order chi connectivity index (χ0) is 15.0. The van der Waals surface area contributed by atoms with Crippen LogP contribution >= 0.6 is 39.1 Å². The molecule has 6 heteroatoms. The number of para-hydroxylation sites is 1. The summed E-state index contributed by atoms with van der Waals surface area (Å²) in [6.45, 7) is 0. The lowest BCUT2D eigenvalue weighted by Gasteiger charge is -2.13. The molecular weight excluding hydrogens is 375 g/mol. The van der Waals surface area contributed by atoms with Crippen molar-refractivity contribution in [1.82, 2.24) is 9.55 Å². The van der Waals surface area contributed by atoms with Crippen molar-refractivity contribution in [3.63, 3.8) is 0 Å².